The molecule has 2 aromatic heterocycles. The fraction of sp³-hybridized carbons (Fsp3) is 0.0417. The maximum absolute atomic E-state index is 6.95. The molecule has 2 heterocycles. The Balaban J connectivity index is 1.13. The number of benzene rings is 8. The summed E-state index contributed by atoms with van der Waals surface area (Å²) in [6.07, 6.45) is 0. The zero-order valence-corrected chi connectivity index (χ0v) is 29.0. The highest BCUT2D eigenvalue weighted by Gasteiger charge is 2.20. The van der Waals surface area contributed by atoms with Crippen LogP contribution in [0, 0.1) is 0 Å². The first-order chi connectivity index (χ1) is 26.1. The van der Waals surface area contributed by atoms with Crippen LogP contribution in [0.1, 0.15) is 29.7 Å². The summed E-state index contributed by atoms with van der Waals surface area (Å²) in [5, 5.41) is 8.77. The van der Waals surface area contributed by atoms with Crippen molar-refractivity contribution in [3.63, 3.8) is 0 Å². The fourth-order valence-corrected chi connectivity index (χ4v) is 7.82. The number of furan rings is 2. The van der Waals surface area contributed by atoms with Crippen LogP contribution in [0.25, 0.3) is 76.5 Å². The van der Waals surface area contributed by atoms with Gasteiger partial charge in [0.15, 0.2) is 5.84 Å². The van der Waals surface area contributed by atoms with E-state index < -0.39 is 0 Å². The van der Waals surface area contributed by atoms with Crippen molar-refractivity contribution >= 4 is 77.1 Å². The maximum Gasteiger partial charge on any atom is 0.157 e. The topological polar surface area (TPSA) is 77.0 Å². The molecule has 0 radical (unpaired) electrons. The molecule has 0 aliphatic heterocycles. The quantitative estimate of drug-likeness (QED) is 0.111. The molecule has 0 bridgehead atoms. The molecule has 0 saturated carbocycles. The summed E-state index contributed by atoms with van der Waals surface area (Å²) in [7, 11) is 0. The van der Waals surface area contributed by atoms with Crippen molar-refractivity contribution in [3.05, 3.63) is 180 Å². The lowest BCUT2D eigenvalue weighted by molar-refractivity contribution is 0.667. The molecular weight excluding hydrogens is 651 g/mol. The van der Waals surface area contributed by atoms with Crippen LogP contribution >= 0.6 is 0 Å². The van der Waals surface area contributed by atoms with Crippen LogP contribution in [0.3, 0.4) is 0 Å². The molecule has 5 heteroatoms. The fourth-order valence-electron chi connectivity index (χ4n) is 7.82. The molecule has 0 spiro atoms. The van der Waals surface area contributed by atoms with Gasteiger partial charge in [-0.3, -0.25) is 4.99 Å². The molecule has 0 aliphatic carbocycles. The number of nitrogens with zero attached hydrogens (tertiary/aromatic N) is 2. The molecule has 0 fully saturated rings. The number of hydrogen-bond acceptors (Lipinski definition) is 3. The van der Waals surface area contributed by atoms with Crippen LogP contribution in [0.5, 0.6) is 0 Å². The van der Waals surface area contributed by atoms with Gasteiger partial charge in [-0.05, 0) is 81.6 Å². The van der Waals surface area contributed by atoms with Gasteiger partial charge in [0.2, 0.25) is 0 Å². The van der Waals surface area contributed by atoms with Gasteiger partial charge in [0, 0.05) is 32.7 Å². The van der Waals surface area contributed by atoms with Crippen LogP contribution < -0.4 is 5.73 Å². The third-order valence-corrected chi connectivity index (χ3v) is 10.3. The largest absolute Gasteiger partial charge is 0.456 e. The Hall–Kier alpha value is -6.98. The first-order valence-corrected chi connectivity index (χ1v) is 17.8. The zero-order chi connectivity index (χ0) is 35.5. The summed E-state index contributed by atoms with van der Waals surface area (Å²) < 4.78 is 12.8. The van der Waals surface area contributed by atoms with Gasteiger partial charge in [0.1, 0.15) is 28.2 Å². The molecule has 10 rings (SSSR count). The van der Waals surface area contributed by atoms with Gasteiger partial charge < -0.3 is 14.6 Å². The predicted molar refractivity (Wildman–Crippen MR) is 220 cm³/mol. The Morgan fingerprint density at radius 2 is 1.17 bits per heavy atom. The third-order valence-electron chi connectivity index (χ3n) is 10.3. The molecule has 252 valence electrons. The minimum Gasteiger partial charge on any atom is -0.456 e. The molecule has 5 nitrogen and oxygen atoms in total. The maximum atomic E-state index is 6.95. The second-order valence-corrected chi connectivity index (χ2v) is 13.5. The smallest absolute Gasteiger partial charge is 0.157 e. The van der Waals surface area contributed by atoms with Crippen molar-refractivity contribution in [3.8, 4) is 11.1 Å². The Kier molecular flexibility index (Phi) is 7.18. The van der Waals surface area contributed by atoms with Gasteiger partial charge in [0.05, 0.1) is 6.04 Å². The molecule has 0 saturated heterocycles. The molecule has 0 amide bonds. The third kappa shape index (κ3) is 5.16. The highest BCUT2D eigenvalue weighted by atomic mass is 16.3. The minimum absolute atomic E-state index is 0.287. The van der Waals surface area contributed by atoms with E-state index in [0.717, 1.165) is 87.9 Å². The van der Waals surface area contributed by atoms with Crippen molar-refractivity contribution in [1.82, 2.24) is 0 Å². The zero-order valence-electron chi connectivity index (χ0n) is 29.0. The van der Waals surface area contributed by atoms with Gasteiger partial charge in [0.25, 0.3) is 0 Å². The van der Waals surface area contributed by atoms with E-state index in [9.17, 15) is 0 Å². The number of para-hydroxylation sites is 1. The van der Waals surface area contributed by atoms with E-state index in [1.807, 2.05) is 78.9 Å². The first-order valence-electron chi connectivity index (χ1n) is 17.8. The lowest BCUT2D eigenvalue weighted by Gasteiger charge is -2.14. The van der Waals surface area contributed by atoms with Gasteiger partial charge in [-0.15, -0.1) is 0 Å². The molecule has 53 heavy (non-hydrogen) atoms. The van der Waals surface area contributed by atoms with Gasteiger partial charge in [-0.1, -0.05) is 127 Å². The van der Waals surface area contributed by atoms with Gasteiger partial charge in [-0.25, -0.2) is 4.99 Å². The number of amidine groups is 2. The lowest BCUT2D eigenvalue weighted by atomic mass is 9.95. The van der Waals surface area contributed by atoms with E-state index in [4.69, 9.17) is 24.6 Å². The Morgan fingerprint density at radius 1 is 0.528 bits per heavy atom. The monoisotopic (exact) mass is 683 g/mol. The Labute approximate surface area is 305 Å². The lowest BCUT2D eigenvalue weighted by Crippen LogP contribution is -2.17. The number of fused-ring (bicyclic) bond motifs is 9. The van der Waals surface area contributed by atoms with Crippen LogP contribution in [-0.4, -0.2) is 11.7 Å². The molecule has 1 unspecified atom stereocenters. The molecule has 0 aliphatic rings. The Bertz CT molecular complexity index is 3100. The van der Waals surface area contributed by atoms with Crippen molar-refractivity contribution in [2.24, 2.45) is 15.7 Å². The number of nitrogens with two attached hydrogens (primary N) is 1. The number of aliphatic imine (C=N–C) groups is 2. The van der Waals surface area contributed by atoms with Gasteiger partial charge >= 0.3 is 0 Å². The molecular formula is C48H33N3O2. The SMILES string of the molecule is CC(/N=C(\N=C(/N)c1cc2ccccc2c2ccccc12)c1ccccc1)c1cccc2oc3cccc(-c4ccc5c(c4)oc4ccccc45)c3c12. The summed E-state index contributed by atoms with van der Waals surface area (Å²) in [5.74, 6) is 0.977. The summed E-state index contributed by atoms with van der Waals surface area (Å²) in [4.78, 5) is 10.4. The normalized spacial score (nSPS) is 13.2. The first kappa shape index (κ1) is 30.8. The summed E-state index contributed by atoms with van der Waals surface area (Å²) in [6.45, 7) is 2.11. The second kappa shape index (κ2) is 12.4. The molecule has 2 N–H and O–H groups in total. The van der Waals surface area contributed by atoms with E-state index >= 15 is 0 Å². The molecule has 10 aromatic rings. The number of rotatable bonds is 5. The van der Waals surface area contributed by atoms with Crippen molar-refractivity contribution < 1.29 is 8.83 Å². The standard InChI is InChI=1S/C48H33N3O2/c1-29(50-48(30-13-3-2-4-14-30)51-47(49)40-27-31-15-5-6-16-34(31)36-17-7-8-18-37(36)40)33-20-11-23-42-45(33)46-35(21-12-24-43(46)53-42)32-25-26-39-38-19-9-10-22-41(38)52-44(39)28-32/h2-29H,1H3,(H2,49,50,51). The van der Waals surface area contributed by atoms with E-state index in [-0.39, 0.29) is 6.04 Å². The Morgan fingerprint density at radius 3 is 2.02 bits per heavy atom. The minimum atomic E-state index is -0.287. The van der Waals surface area contributed by atoms with Crippen LogP contribution in [0.4, 0.5) is 0 Å². The van der Waals surface area contributed by atoms with E-state index in [0.29, 0.717) is 11.7 Å². The molecule has 8 aromatic carbocycles. The van der Waals surface area contributed by atoms with Crippen molar-refractivity contribution in [2.45, 2.75) is 13.0 Å². The van der Waals surface area contributed by atoms with Crippen LogP contribution in [-0.2, 0) is 0 Å². The van der Waals surface area contributed by atoms with Crippen molar-refractivity contribution in [1.29, 1.82) is 0 Å². The average molecular weight is 684 g/mol. The summed E-state index contributed by atoms with van der Waals surface area (Å²) in [6, 6.07) is 55.7. The predicted octanol–water partition coefficient (Wildman–Crippen LogP) is 12.4. The van der Waals surface area contributed by atoms with Crippen LogP contribution in [0.2, 0.25) is 0 Å². The number of hydrogen-bond donors (Lipinski definition) is 1. The molecule has 1 atom stereocenters. The van der Waals surface area contributed by atoms with E-state index in [1.54, 1.807) is 0 Å². The summed E-state index contributed by atoms with van der Waals surface area (Å²) >= 11 is 0. The van der Waals surface area contributed by atoms with Gasteiger partial charge in [-0.2, -0.15) is 0 Å². The summed E-state index contributed by atoms with van der Waals surface area (Å²) in [5.41, 5.74) is 15.2. The highest BCUT2D eigenvalue weighted by Crippen LogP contribution is 2.42. The van der Waals surface area contributed by atoms with Crippen LogP contribution in [0.15, 0.2) is 183 Å². The van der Waals surface area contributed by atoms with E-state index in [1.165, 1.54) is 5.39 Å². The highest BCUT2D eigenvalue weighted by molar-refractivity contribution is 6.21. The second-order valence-electron chi connectivity index (χ2n) is 13.5. The van der Waals surface area contributed by atoms with Crippen molar-refractivity contribution in [2.75, 3.05) is 0 Å². The average Bonchev–Trinajstić information content (AvgIpc) is 3.79. The van der Waals surface area contributed by atoms with E-state index in [2.05, 4.69) is 91.9 Å².